The molecule has 38 heavy (non-hydrogen) atoms. The first kappa shape index (κ1) is 25.3. The van der Waals surface area contributed by atoms with Crippen molar-refractivity contribution < 1.29 is 27.5 Å². The van der Waals surface area contributed by atoms with Gasteiger partial charge in [-0.25, -0.2) is 0 Å². The molecule has 1 aromatic carbocycles. The van der Waals surface area contributed by atoms with E-state index in [1.165, 1.54) is 0 Å². The van der Waals surface area contributed by atoms with E-state index in [4.69, 9.17) is 4.74 Å². The van der Waals surface area contributed by atoms with Gasteiger partial charge in [-0.05, 0) is 55.0 Å². The molecule has 2 fully saturated rings. The number of ether oxygens (including phenoxy) is 1. The number of carbonyl (C=O) groups is 2. The second-order valence-corrected chi connectivity index (χ2v) is 11.2. The predicted molar refractivity (Wildman–Crippen MR) is 133 cm³/mol. The first-order valence-corrected chi connectivity index (χ1v) is 13.1. The van der Waals surface area contributed by atoms with Gasteiger partial charge in [0, 0.05) is 62.8 Å². The van der Waals surface area contributed by atoms with Crippen molar-refractivity contribution in [2.45, 2.75) is 56.8 Å². The first-order valence-electron chi connectivity index (χ1n) is 13.1. The second-order valence-electron chi connectivity index (χ2n) is 11.2. The summed E-state index contributed by atoms with van der Waals surface area (Å²) in [7, 11) is 1.58. The number of pyridine rings is 1. The van der Waals surface area contributed by atoms with Gasteiger partial charge in [0.05, 0.1) is 23.5 Å². The number of nitrogens with zero attached hydrogens (tertiary/aromatic N) is 3. The highest BCUT2D eigenvalue weighted by Gasteiger charge is 2.57. The van der Waals surface area contributed by atoms with E-state index in [0.717, 1.165) is 48.5 Å². The molecule has 2 unspecified atom stereocenters. The van der Waals surface area contributed by atoms with Gasteiger partial charge in [0.15, 0.2) is 0 Å². The lowest BCUT2D eigenvalue weighted by Gasteiger charge is -2.37. The zero-order valence-electron chi connectivity index (χ0n) is 21.5. The van der Waals surface area contributed by atoms with E-state index in [0.29, 0.717) is 37.2 Å². The minimum absolute atomic E-state index is 0.00790. The molecule has 2 aromatic rings. The number of methoxy groups -OCH3 is 1. The predicted octanol–water partition coefficient (Wildman–Crippen LogP) is 4.07. The fraction of sp³-hybridized carbons (Fsp3) is 0.536. The number of nitrogens with one attached hydrogen (secondary N) is 1. The zero-order valence-corrected chi connectivity index (χ0v) is 21.5. The largest absolute Gasteiger partial charge is 0.417 e. The molecule has 10 heteroatoms. The van der Waals surface area contributed by atoms with E-state index < -0.39 is 17.2 Å². The van der Waals surface area contributed by atoms with Gasteiger partial charge in [0.1, 0.15) is 0 Å². The van der Waals surface area contributed by atoms with Crippen molar-refractivity contribution in [2.75, 3.05) is 38.7 Å². The average molecular weight is 529 g/mol. The van der Waals surface area contributed by atoms with E-state index in [-0.39, 0.29) is 36.4 Å². The van der Waals surface area contributed by atoms with E-state index >= 15 is 0 Å². The van der Waals surface area contributed by atoms with Gasteiger partial charge in [-0.1, -0.05) is 12.1 Å². The summed E-state index contributed by atoms with van der Waals surface area (Å²) < 4.78 is 45.4. The number of hydrogen-bond acceptors (Lipinski definition) is 5. The van der Waals surface area contributed by atoms with Crippen LogP contribution >= 0.6 is 0 Å². The number of halogens is 3. The Bertz CT molecular complexity index is 1310. The van der Waals surface area contributed by atoms with Crippen LogP contribution in [0.4, 0.5) is 18.9 Å². The summed E-state index contributed by atoms with van der Waals surface area (Å²) in [5, 5.41) is 2.93. The normalized spacial score (nSPS) is 26.2. The van der Waals surface area contributed by atoms with Crippen molar-refractivity contribution in [1.82, 2.24) is 14.8 Å². The highest BCUT2D eigenvalue weighted by atomic mass is 19.4. The molecule has 7 nitrogen and oxygen atoms in total. The summed E-state index contributed by atoms with van der Waals surface area (Å²) in [6.45, 7) is 3.95. The summed E-state index contributed by atoms with van der Waals surface area (Å²) in [5.74, 6) is -0.255. The molecule has 4 aliphatic rings. The van der Waals surface area contributed by atoms with Crippen molar-refractivity contribution >= 4 is 17.5 Å². The van der Waals surface area contributed by atoms with Crippen LogP contribution in [0.15, 0.2) is 30.5 Å². The number of aromatic nitrogens is 1. The van der Waals surface area contributed by atoms with E-state index in [1.807, 2.05) is 13.0 Å². The molecular weight excluding hydrogens is 497 g/mol. The maximum atomic E-state index is 14.0. The van der Waals surface area contributed by atoms with Crippen LogP contribution in [-0.4, -0.2) is 59.9 Å². The molecule has 1 N–H and O–H groups in total. The highest BCUT2D eigenvalue weighted by molar-refractivity contribution is 6.02. The number of carbonyl (C=O) groups excluding carboxylic acids is 2. The Labute approximate surface area is 219 Å². The van der Waals surface area contributed by atoms with Crippen LogP contribution < -0.4 is 5.32 Å². The average Bonchev–Trinajstić information content (AvgIpc) is 3.51. The lowest BCUT2D eigenvalue weighted by molar-refractivity contribution is -0.146. The van der Waals surface area contributed by atoms with Crippen LogP contribution in [0.25, 0.3) is 0 Å². The maximum Gasteiger partial charge on any atom is 0.417 e. The molecule has 0 spiro atoms. The number of fused-ring (bicyclic) bond motifs is 2. The smallest absolute Gasteiger partial charge is 0.384 e. The Kier molecular flexibility index (Phi) is 5.84. The lowest BCUT2D eigenvalue weighted by Crippen LogP contribution is -2.50. The monoisotopic (exact) mass is 528 g/mol. The molecule has 2 atom stereocenters. The standard InChI is InChI=1S/C28H31F3N4O3/c1-17-21-12-19(3-4-23(21)33-24(17)36)27(6-7-27)35-10-8-26(15-35,16-38-2)25(37)34-9-5-22-18(14-34)11-20(13-32-22)28(29,30)31/h3-4,11-13,17H,5-10,14-16H2,1-2H3,(H,33,36). The SMILES string of the molecule is COCC1(C(=O)N2CCc3ncc(C(F)(F)F)cc3C2)CCN(C2(c3ccc4c(c3)C(C)C(=O)N4)CC2)C1. The highest BCUT2D eigenvalue weighted by Crippen LogP contribution is 2.55. The van der Waals surface area contributed by atoms with Crippen LogP contribution in [0.2, 0.25) is 0 Å². The first-order chi connectivity index (χ1) is 18.1. The van der Waals surface area contributed by atoms with Gasteiger partial charge in [0.25, 0.3) is 0 Å². The molecule has 3 aliphatic heterocycles. The van der Waals surface area contributed by atoms with Gasteiger partial charge < -0.3 is 15.0 Å². The van der Waals surface area contributed by atoms with Crippen LogP contribution in [0, 0.1) is 5.41 Å². The van der Waals surface area contributed by atoms with Crippen LogP contribution in [0.3, 0.4) is 0 Å². The van der Waals surface area contributed by atoms with Gasteiger partial charge in [-0.2, -0.15) is 13.2 Å². The molecule has 202 valence electrons. The molecule has 0 bridgehead atoms. The molecule has 6 rings (SSSR count). The Hall–Kier alpha value is -2.98. The molecule has 0 radical (unpaired) electrons. The number of amides is 2. The molecule has 4 heterocycles. The van der Waals surface area contributed by atoms with Crippen molar-refractivity contribution in [3.05, 3.63) is 58.4 Å². The third-order valence-corrected chi connectivity index (χ3v) is 8.92. The molecule has 2 amide bonds. The number of alkyl halides is 3. The number of benzene rings is 1. The number of rotatable bonds is 5. The Morgan fingerprint density at radius 2 is 2.00 bits per heavy atom. The van der Waals surface area contributed by atoms with Crippen LogP contribution in [-0.2, 0) is 39.0 Å². The molecule has 1 saturated heterocycles. The van der Waals surface area contributed by atoms with Crippen molar-refractivity contribution in [2.24, 2.45) is 5.41 Å². The number of likely N-dealkylation sites (tertiary alicyclic amines) is 1. The van der Waals surface area contributed by atoms with Crippen LogP contribution in [0.5, 0.6) is 0 Å². The third-order valence-electron chi connectivity index (χ3n) is 8.92. The Balaban J connectivity index is 1.23. The number of hydrogen-bond donors (Lipinski definition) is 1. The maximum absolute atomic E-state index is 14.0. The minimum Gasteiger partial charge on any atom is -0.384 e. The summed E-state index contributed by atoms with van der Waals surface area (Å²) in [6, 6.07) is 7.31. The van der Waals surface area contributed by atoms with E-state index in [2.05, 4.69) is 27.3 Å². The molecule has 1 aliphatic carbocycles. The van der Waals surface area contributed by atoms with Gasteiger partial charge in [-0.3, -0.25) is 19.5 Å². The Morgan fingerprint density at radius 1 is 1.21 bits per heavy atom. The van der Waals surface area contributed by atoms with Crippen molar-refractivity contribution in [1.29, 1.82) is 0 Å². The van der Waals surface area contributed by atoms with Gasteiger partial charge in [-0.15, -0.1) is 0 Å². The second kappa shape index (κ2) is 8.77. The fourth-order valence-corrected chi connectivity index (χ4v) is 6.57. The van der Waals surface area contributed by atoms with Gasteiger partial charge >= 0.3 is 6.18 Å². The minimum atomic E-state index is -4.48. The summed E-state index contributed by atoms with van der Waals surface area (Å²) >= 11 is 0. The van der Waals surface area contributed by atoms with Crippen LogP contribution in [0.1, 0.15) is 60.1 Å². The fourth-order valence-electron chi connectivity index (χ4n) is 6.57. The summed E-state index contributed by atoms with van der Waals surface area (Å²) in [5.41, 5.74) is 2.38. The summed E-state index contributed by atoms with van der Waals surface area (Å²) in [4.78, 5) is 34.2. The molecule has 1 saturated carbocycles. The zero-order chi connectivity index (χ0) is 26.9. The lowest BCUT2D eigenvalue weighted by atomic mass is 9.85. The van der Waals surface area contributed by atoms with Gasteiger partial charge in [0.2, 0.25) is 11.8 Å². The topological polar surface area (TPSA) is 74.8 Å². The van der Waals surface area contributed by atoms with E-state index in [9.17, 15) is 22.8 Å². The van der Waals surface area contributed by atoms with E-state index in [1.54, 1.807) is 12.0 Å². The molecule has 1 aromatic heterocycles. The van der Waals surface area contributed by atoms with Crippen molar-refractivity contribution in [3.63, 3.8) is 0 Å². The molecular formula is C28H31F3N4O3. The van der Waals surface area contributed by atoms with Crippen molar-refractivity contribution in [3.8, 4) is 0 Å². The summed E-state index contributed by atoms with van der Waals surface area (Å²) in [6.07, 6.45) is -0.611. The Morgan fingerprint density at radius 3 is 2.71 bits per heavy atom. The quantitative estimate of drug-likeness (QED) is 0.634. The third kappa shape index (κ3) is 4.00. The number of anilines is 1.